The minimum Gasteiger partial charge on any atom is -0.496 e. The van der Waals surface area contributed by atoms with Gasteiger partial charge in [-0.2, -0.15) is 0 Å². The van der Waals surface area contributed by atoms with Crippen LogP contribution in [0.5, 0.6) is 17.2 Å². The molecule has 1 atom stereocenters. The summed E-state index contributed by atoms with van der Waals surface area (Å²) < 4.78 is 22.7. The predicted octanol–water partition coefficient (Wildman–Crippen LogP) is 4.12. The number of aldehydes is 1. The molecule has 0 amide bonds. The molecule has 0 spiro atoms. The summed E-state index contributed by atoms with van der Waals surface area (Å²) in [6.45, 7) is 0. The van der Waals surface area contributed by atoms with Gasteiger partial charge in [-0.15, -0.1) is 0 Å². The van der Waals surface area contributed by atoms with Crippen molar-refractivity contribution in [3.63, 3.8) is 0 Å². The van der Waals surface area contributed by atoms with Gasteiger partial charge in [-0.3, -0.25) is 9.59 Å². The van der Waals surface area contributed by atoms with Crippen molar-refractivity contribution in [2.45, 2.75) is 50.7 Å². The third-order valence-electron chi connectivity index (χ3n) is 4.88. The lowest BCUT2D eigenvalue weighted by atomic mass is 10.0. The third kappa shape index (κ3) is 4.21. The molecule has 2 aliphatic rings. The molecule has 27 heavy (non-hydrogen) atoms. The van der Waals surface area contributed by atoms with Crippen LogP contribution in [0.1, 0.15) is 48.9 Å². The van der Waals surface area contributed by atoms with E-state index in [1.165, 1.54) is 26.4 Å². The van der Waals surface area contributed by atoms with Gasteiger partial charge in [-0.05, 0) is 32.1 Å². The Bertz CT molecular complexity index is 751. The van der Waals surface area contributed by atoms with Crippen molar-refractivity contribution in [1.82, 2.24) is 0 Å². The monoisotopic (exact) mass is 394 g/mol. The minimum atomic E-state index is -0.503. The van der Waals surface area contributed by atoms with Gasteiger partial charge in [-0.1, -0.05) is 11.6 Å². The van der Waals surface area contributed by atoms with Gasteiger partial charge >= 0.3 is 0 Å². The zero-order chi connectivity index (χ0) is 19.4. The minimum absolute atomic E-state index is 0.00720. The van der Waals surface area contributed by atoms with E-state index in [1.807, 2.05) is 0 Å². The quantitative estimate of drug-likeness (QED) is 0.648. The van der Waals surface area contributed by atoms with Crippen LogP contribution < -0.4 is 14.2 Å². The fourth-order valence-electron chi connectivity index (χ4n) is 3.45. The predicted molar refractivity (Wildman–Crippen MR) is 100 cm³/mol. The van der Waals surface area contributed by atoms with Crippen molar-refractivity contribution in [2.24, 2.45) is 0 Å². The highest BCUT2D eigenvalue weighted by Crippen LogP contribution is 2.43. The molecule has 0 saturated heterocycles. The second-order valence-corrected chi connectivity index (χ2v) is 7.02. The Labute approximate surface area is 163 Å². The molecule has 1 aromatic carbocycles. The topological polar surface area (TPSA) is 71.1 Å². The van der Waals surface area contributed by atoms with Gasteiger partial charge in [-0.25, -0.2) is 0 Å². The maximum Gasteiger partial charge on any atom is 0.159 e. The zero-order valence-electron chi connectivity index (χ0n) is 15.5. The van der Waals surface area contributed by atoms with Crippen molar-refractivity contribution in [1.29, 1.82) is 0 Å². The maximum atomic E-state index is 11.9. The Morgan fingerprint density at radius 3 is 2.41 bits per heavy atom. The average Bonchev–Trinajstić information content (AvgIpc) is 3.18. The van der Waals surface area contributed by atoms with Crippen molar-refractivity contribution in [3.05, 3.63) is 28.5 Å². The summed E-state index contributed by atoms with van der Waals surface area (Å²) in [7, 11) is 2.92. The Morgan fingerprint density at radius 1 is 1.07 bits per heavy atom. The number of ether oxygens (including phenoxy) is 4. The number of ketones is 1. The summed E-state index contributed by atoms with van der Waals surface area (Å²) in [6, 6.07) is 1.54. The Hall–Kier alpha value is -2.21. The van der Waals surface area contributed by atoms with E-state index in [2.05, 4.69) is 0 Å². The van der Waals surface area contributed by atoms with Gasteiger partial charge in [0, 0.05) is 18.6 Å². The summed E-state index contributed by atoms with van der Waals surface area (Å²) in [6.07, 6.45) is 6.68. The van der Waals surface area contributed by atoms with Gasteiger partial charge in [0.05, 0.1) is 20.3 Å². The van der Waals surface area contributed by atoms with Gasteiger partial charge < -0.3 is 18.9 Å². The number of benzene rings is 1. The van der Waals surface area contributed by atoms with E-state index >= 15 is 0 Å². The third-order valence-corrected chi connectivity index (χ3v) is 5.24. The number of halogens is 1. The average molecular weight is 395 g/mol. The molecule has 6 nitrogen and oxygen atoms in total. The van der Waals surface area contributed by atoms with E-state index in [0.717, 1.165) is 25.7 Å². The lowest BCUT2D eigenvalue weighted by Crippen LogP contribution is -2.29. The van der Waals surface area contributed by atoms with Crippen molar-refractivity contribution in [2.75, 3.05) is 14.2 Å². The molecule has 0 N–H and O–H groups in total. The molecule has 0 radical (unpaired) electrons. The number of rotatable bonds is 7. The van der Waals surface area contributed by atoms with Crippen LogP contribution in [0.15, 0.2) is 17.9 Å². The van der Waals surface area contributed by atoms with Crippen LogP contribution in [0.25, 0.3) is 0 Å². The highest BCUT2D eigenvalue weighted by atomic mass is 35.5. The number of carbonyl (C=O) groups is 2. The Kier molecular flexibility index (Phi) is 6.26. The standard InChI is InChI=1S/C20H23ClO6/c1-24-16-10-18(25-2)19(21)20(14(16)11-22)27-15-8-7-12(23)9-17(15)26-13-5-3-4-6-13/h9-11,13,15H,3-8H2,1-2H3/t15-/m0/s1. The first-order chi connectivity index (χ1) is 13.1. The fourth-order valence-corrected chi connectivity index (χ4v) is 3.73. The summed E-state index contributed by atoms with van der Waals surface area (Å²) in [4.78, 5) is 23.6. The van der Waals surface area contributed by atoms with Gasteiger partial charge in [0.1, 0.15) is 27.8 Å². The van der Waals surface area contributed by atoms with Crippen LogP contribution in [0, 0.1) is 0 Å². The molecule has 3 rings (SSSR count). The fraction of sp³-hybridized carbons (Fsp3) is 0.500. The van der Waals surface area contributed by atoms with Crippen molar-refractivity contribution >= 4 is 23.7 Å². The summed E-state index contributed by atoms with van der Waals surface area (Å²) in [5.74, 6) is 1.31. The van der Waals surface area contributed by atoms with Gasteiger partial charge in [0.2, 0.25) is 0 Å². The number of methoxy groups -OCH3 is 2. The summed E-state index contributed by atoms with van der Waals surface area (Å²) >= 11 is 6.40. The van der Waals surface area contributed by atoms with Crippen LogP contribution in [0.2, 0.25) is 5.02 Å². The van der Waals surface area contributed by atoms with Crippen molar-refractivity contribution in [3.8, 4) is 17.2 Å². The molecule has 0 aromatic heterocycles. The SMILES string of the molecule is COc1cc(OC)c(C=O)c(O[C@H]2CCC(=O)C=C2OC2CCCC2)c1Cl. The van der Waals surface area contributed by atoms with Gasteiger partial charge in [0.15, 0.2) is 23.9 Å². The van der Waals surface area contributed by atoms with Crippen LogP contribution in [-0.2, 0) is 9.53 Å². The van der Waals surface area contributed by atoms with E-state index in [1.54, 1.807) is 0 Å². The van der Waals surface area contributed by atoms with E-state index in [0.29, 0.717) is 36.4 Å². The normalized spacial score (nSPS) is 20.2. The largest absolute Gasteiger partial charge is 0.496 e. The second kappa shape index (κ2) is 8.65. The molecule has 1 aromatic rings. The highest BCUT2D eigenvalue weighted by Gasteiger charge is 2.31. The molecule has 7 heteroatoms. The lowest BCUT2D eigenvalue weighted by Gasteiger charge is -2.28. The van der Waals surface area contributed by atoms with Crippen LogP contribution in [-0.4, -0.2) is 38.5 Å². The van der Waals surface area contributed by atoms with Crippen LogP contribution >= 0.6 is 11.6 Å². The van der Waals surface area contributed by atoms with E-state index in [-0.39, 0.29) is 28.2 Å². The molecular formula is C20H23ClO6. The Morgan fingerprint density at radius 2 is 1.78 bits per heavy atom. The van der Waals surface area contributed by atoms with Crippen molar-refractivity contribution < 1.29 is 28.5 Å². The van der Waals surface area contributed by atoms with Crippen LogP contribution in [0.3, 0.4) is 0 Å². The molecule has 0 aliphatic heterocycles. The molecule has 2 aliphatic carbocycles. The molecule has 1 fully saturated rings. The first-order valence-electron chi connectivity index (χ1n) is 9.04. The van der Waals surface area contributed by atoms with E-state index in [4.69, 9.17) is 30.5 Å². The molecule has 0 heterocycles. The highest BCUT2D eigenvalue weighted by molar-refractivity contribution is 6.34. The first-order valence-corrected chi connectivity index (χ1v) is 9.42. The molecule has 0 unspecified atom stereocenters. The Balaban J connectivity index is 1.93. The number of hydrogen-bond donors (Lipinski definition) is 0. The molecule has 1 saturated carbocycles. The summed E-state index contributed by atoms with van der Waals surface area (Å²) in [5.41, 5.74) is 0.195. The van der Waals surface area contributed by atoms with Gasteiger partial charge in [0.25, 0.3) is 0 Å². The van der Waals surface area contributed by atoms with Crippen LogP contribution in [0.4, 0.5) is 0 Å². The molecular weight excluding hydrogens is 372 g/mol. The number of carbonyl (C=O) groups excluding carboxylic acids is 2. The lowest BCUT2D eigenvalue weighted by molar-refractivity contribution is -0.116. The molecule has 0 bridgehead atoms. The second-order valence-electron chi connectivity index (χ2n) is 6.64. The van der Waals surface area contributed by atoms with E-state index in [9.17, 15) is 9.59 Å². The zero-order valence-corrected chi connectivity index (χ0v) is 16.2. The first kappa shape index (κ1) is 19.5. The summed E-state index contributed by atoms with van der Waals surface area (Å²) in [5, 5.41) is 0.178. The number of allylic oxidation sites excluding steroid dienone is 1. The van der Waals surface area contributed by atoms with E-state index < -0.39 is 6.10 Å². The number of hydrogen-bond acceptors (Lipinski definition) is 6. The maximum absolute atomic E-state index is 11.9. The smallest absolute Gasteiger partial charge is 0.159 e. The molecule has 146 valence electrons.